The molecule has 1 aliphatic carbocycles. The van der Waals surface area contributed by atoms with Crippen LogP contribution in [0, 0.1) is 11.8 Å². The van der Waals surface area contributed by atoms with Gasteiger partial charge in [0.25, 0.3) is 0 Å². The fourth-order valence-electron chi connectivity index (χ4n) is 2.68. The van der Waals surface area contributed by atoms with Gasteiger partial charge < -0.3 is 5.43 Å². The van der Waals surface area contributed by atoms with Crippen LogP contribution in [0.4, 0.5) is 5.82 Å². The van der Waals surface area contributed by atoms with Crippen molar-refractivity contribution in [1.29, 1.82) is 0 Å². The van der Waals surface area contributed by atoms with Crippen molar-refractivity contribution >= 4 is 15.8 Å². The molecule has 2 atom stereocenters. The van der Waals surface area contributed by atoms with Crippen LogP contribution in [-0.4, -0.2) is 19.9 Å². The molecule has 0 aliphatic heterocycles. The first kappa shape index (κ1) is 15.2. The molecule has 0 aromatic carbocycles. The second-order valence-corrected chi connectivity index (χ2v) is 7.28. The molecule has 2 rings (SSSR count). The number of sulfonamides is 1. The molecule has 1 fully saturated rings. The van der Waals surface area contributed by atoms with Crippen LogP contribution in [0.5, 0.6) is 0 Å². The Balaban J connectivity index is 1.96. The number of nitrogen functional groups attached to an aromatic ring is 1. The molecule has 20 heavy (non-hydrogen) atoms. The lowest BCUT2D eigenvalue weighted by Gasteiger charge is -2.26. The van der Waals surface area contributed by atoms with Crippen molar-refractivity contribution in [3.63, 3.8) is 0 Å². The number of hydrogen-bond acceptors (Lipinski definition) is 5. The van der Waals surface area contributed by atoms with Gasteiger partial charge in [0.05, 0.1) is 0 Å². The number of hydrazine groups is 1. The zero-order chi connectivity index (χ0) is 14.6. The first-order valence-electron chi connectivity index (χ1n) is 6.93. The van der Waals surface area contributed by atoms with Crippen molar-refractivity contribution in [2.24, 2.45) is 17.7 Å². The topological polar surface area (TPSA) is 97.1 Å². The van der Waals surface area contributed by atoms with Crippen LogP contribution in [0.2, 0.25) is 0 Å². The van der Waals surface area contributed by atoms with Crippen LogP contribution in [0.1, 0.15) is 32.6 Å². The van der Waals surface area contributed by atoms with Gasteiger partial charge in [-0.2, -0.15) is 0 Å². The molecule has 2 unspecified atom stereocenters. The number of aromatic nitrogens is 1. The average Bonchev–Trinajstić information content (AvgIpc) is 2.45. The summed E-state index contributed by atoms with van der Waals surface area (Å²) in [6, 6.07) is 3.03. The summed E-state index contributed by atoms with van der Waals surface area (Å²) >= 11 is 0. The summed E-state index contributed by atoms with van der Waals surface area (Å²) in [5, 5.41) is 0. The van der Waals surface area contributed by atoms with Gasteiger partial charge in [-0.15, -0.1) is 0 Å². The van der Waals surface area contributed by atoms with Gasteiger partial charge in [-0.05, 0) is 36.8 Å². The van der Waals surface area contributed by atoms with Gasteiger partial charge in [-0.1, -0.05) is 19.8 Å². The number of hydrogen-bond donors (Lipinski definition) is 3. The molecule has 0 bridgehead atoms. The molecule has 1 heterocycles. The van der Waals surface area contributed by atoms with Gasteiger partial charge >= 0.3 is 0 Å². The highest BCUT2D eigenvalue weighted by Gasteiger charge is 2.21. The van der Waals surface area contributed by atoms with Crippen LogP contribution >= 0.6 is 0 Å². The second kappa shape index (κ2) is 6.51. The third kappa shape index (κ3) is 3.91. The monoisotopic (exact) mass is 298 g/mol. The molecule has 0 amide bonds. The number of nitrogens with zero attached hydrogens (tertiary/aromatic N) is 1. The standard InChI is InChI=1S/C13H22N4O2S/c1-10-3-2-4-11(7-10)8-16-20(18,19)12-5-6-13(17-14)15-9-12/h5-6,9-11,16H,2-4,7-8,14H2,1H3,(H,15,17). The van der Waals surface area contributed by atoms with Crippen molar-refractivity contribution in [3.05, 3.63) is 18.3 Å². The minimum Gasteiger partial charge on any atom is -0.308 e. The fourth-order valence-corrected chi connectivity index (χ4v) is 3.74. The van der Waals surface area contributed by atoms with E-state index in [4.69, 9.17) is 5.84 Å². The summed E-state index contributed by atoms with van der Waals surface area (Å²) < 4.78 is 27.0. The van der Waals surface area contributed by atoms with Crippen molar-refractivity contribution in [1.82, 2.24) is 9.71 Å². The van der Waals surface area contributed by atoms with Crippen molar-refractivity contribution in [2.45, 2.75) is 37.5 Å². The number of anilines is 1. The highest BCUT2D eigenvalue weighted by Crippen LogP contribution is 2.28. The zero-order valence-electron chi connectivity index (χ0n) is 11.7. The van der Waals surface area contributed by atoms with E-state index in [9.17, 15) is 8.42 Å². The van der Waals surface area contributed by atoms with E-state index in [1.807, 2.05) is 0 Å². The predicted molar refractivity (Wildman–Crippen MR) is 78.4 cm³/mol. The number of nitrogens with two attached hydrogens (primary N) is 1. The van der Waals surface area contributed by atoms with Gasteiger partial charge in [0.1, 0.15) is 10.7 Å². The van der Waals surface area contributed by atoms with Crippen molar-refractivity contribution < 1.29 is 8.42 Å². The Kier molecular flexibility index (Phi) is 4.95. The molecule has 7 heteroatoms. The molecular weight excluding hydrogens is 276 g/mol. The molecule has 1 aromatic rings. The van der Waals surface area contributed by atoms with Crippen molar-refractivity contribution in [2.75, 3.05) is 12.0 Å². The first-order valence-corrected chi connectivity index (χ1v) is 8.42. The van der Waals surface area contributed by atoms with Crippen LogP contribution < -0.4 is 16.0 Å². The molecule has 112 valence electrons. The number of pyridine rings is 1. The van der Waals surface area contributed by atoms with E-state index in [-0.39, 0.29) is 4.90 Å². The normalized spacial score (nSPS) is 23.5. The summed E-state index contributed by atoms with van der Waals surface area (Å²) in [7, 11) is -3.48. The summed E-state index contributed by atoms with van der Waals surface area (Å²) in [6.07, 6.45) is 5.94. The van der Waals surface area contributed by atoms with E-state index in [0.29, 0.717) is 24.2 Å². The third-order valence-corrected chi connectivity index (χ3v) is 5.21. The lowest BCUT2D eigenvalue weighted by atomic mass is 9.83. The van der Waals surface area contributed by atoms with Gasteiger partial charge in [-0.3, -0.25) is 0 Å². The highest BCUT2D eigenvalue weighted by molar-refractivity contribution is 7.89. The Morgan fingerprint density at radius 1 is 1.40 bits per heavy atom. The maximum atomic E-state index is 12.2. The van der Waals surface area contributed by atoms with E-state index in [1.165, 1.54) is 31.2 Å². The van der Waals surface area contributed by atoms with Gasteiger partial charge in [0.15, 0.2) is 0 Å². The number of rotatable bonds is 5. The Bertz CT molecular complexity index is 530. The quantitative estimate of drug-likeness (QED) is 0.565. The predicted octanol–water partition coefficient (Wildman–Crippen LogP) is 1.47. The average molecular weight is 298 g/mol. The van der Waals surface area contributed by atoms with E-state index in [0.717, 1.165) is 12.8 Å². The van der Waals surface area contributed by atoms with Crippen LogP contribution in [0.25, 0.3) is 0 Å². The molecule has 0 radical (unpaired) electrons. The van der Waals surface area contributed by atoms with E-state index in [2.05, 4.69) is 22.1 Å². The maximum Gasteiger partial charge on any atom is 0.242 e. The van der Waals surface area contributed by atoms with Crippen LogP contribution in [-0.2, 0) is 10.0 Å². The van der Waals surface area contributed by atoms with Crippen LogP contribution in [0.15, 0.2) is 23.2 Å². The molecule has 1 aliphatic rings. The molecule has 1 aromatic heterocycles. The maximum absolute atomic E-state index is 12.2. The van der Waals surface area contributed by atoms with Gasteiger partial charge in [0.2, 0.25) is 10.0 Å². The summed E-state index contributed by atoms with van der Waals surface area (Å²) in [5.41, 5.74) is 2.37. The molecule has 6 nitrogen and oxygen atoms in total. The lowest BCUT2D eigenvalue weighted by Crippen LogP contribution is -2.31. The Morgan fingerprint density at radius 3 is 2.80 bits per heavy atom. The highest BCUT2D eigenvalue weighted by atomic mass is 32.2. The SMILES string of the molecule is CC1CCCC(CNS(=O)(=O)c2ccc(NN)nc2)C1. The minimum absolute atomic E-state index is 0.167. The Hall–Kier alpha value is -1.18. The summed E-state index contributed by atoms with van der Waals surface area (Å²) in [5.74, 6) is 6.76. The lowest BCUT2D eigenvalue weighted by molar-refractivity contribution is 0.283. The molecule has 0 saturated heterocycles. The first-order chi connectivity index (χ1) is 9.51. The summed E-state index contributed by atoms with van der Waals surface area (Å²) in [6.45, 7) is 2.73. The van der Waals surface area contributed by atoms with Crippen LogP contribution in [0.3, 0.4) is 0 Å². The fraction of sp³-hybridized carbons (Fsp3) is 0.615. The van der Waals surface area contributed by atoms with E-state index >= 15 is 0 Å². The zero-order valence-corrected chi connectivity index (χ0v) is 12.5. The summed E-state index contributed by atoms with van der Waals surface area (Å²) in [4.78, 5) is 4.08. The Morgan fingerprint density at radius 2 is 2.20 bits per heavy atom. The second-order valence-electron chi connectivity index (χ2n) is 5.51. The molecule has 1 saturated carbocycles. The molecular formula is C13H22N4O2S. The minimum atomic E-state index is -3.48. The van der Waals surface area contributed by atoms with Gasteiger partial charge in [0, 0.05) is 12.7 Å². The molecule has 0 spiro atoms. The van der Waals surface area contributed by atoms with E-state index in [1.54, 1.807) is 0 Å². The third-order valence-electron chi connectivity index (χ3n) is 3.80. The molecule has 4 N–H and O–H groups in total. The van der Waals surface area contributed by atoms with Crippen molar-refractivity contribution in [3.8, 4) is 0 Å². The number of nitrogens with one attached hydrogen (secondary N) is 2. The largest absolute Gasteiger partial charge is 0.308 e. The smallest absolute Gasteiger partial charge is 0.242 e. The van der Waals surface area contributed by atoms with Gasteiger partial charge in [-0.25, -0.2) is 24.0 Å². The Labute approximate surface area is 120 Å². The van der Waals surface area contributed by atoms with E-state index < -0.39 is 10.0 Å².